The standard InChI is InChI=1S/C15H32N2O2/c1-18-11-9-17(10-12-19-2)15(13-16)14-7-5-3-4-6-8-14/h14-15H,3-13,16H2,1-2H3. The lowest BCUT2D eigenvalue weighted by molar-refractivity contribution is 0.0651. The summed E-state index contributed by atoms with van der Waals surface area (Å²) in [6, 6.07) is 0.489. The smallest absolute Gasteiger partial charge is 0.0589 e. The van der Waals surface area contributed by atoms with E-state index in [9.17, 15) is 0 Å². The first kappa shape index (κ1) is 16.9. The summed E-state index contributed by atoms with van der Waals surface area (Å²) in [4.78, 5) is 2.48. The van der Waals surface area contributed by atoms with Gasteiger partial charge in [0.05, 0.1) is 13.2 Å². The third-order valence-electron chi connectivity index (χ3n) is 4.32. The molecule has 1 aliphatic carbocycles. The highest BCUT2D eigenvalue weighted by Crippen LogP contribution is 2.27. The Morgan fingerprint density at radius 3 is 1.95 bits per heavy atom. The van der Waals surface area contributed by atoms with Crippen LogP contribution in [0.3, 0.4) is 0 Å². The molecule has 2 N–H and O–H groups in total. The number of ether oxygens (including phenoxy) is 2. The molecular weight excluding hydrogens is 240 g/mol. The fraction of sp³-hybridized carbons (Fsp3) is 1.00. The third-order valence-corrected chi connectivity index (χ3v) is 4.32. The predicted molar refractivity (Wildman–Crippen MR) is 79.4 cm³/mol. The first-order valence-electron chi connectivity index (χ1n) is 7.75. The summed E-state index contributed by atoms with van der Waals surface area (Å²) in [7, 11) is 3.52. The second-order valence-electron chi connectivity index (χ2n) is 5.58. The average Bonchev–Trinajstić information content (AvgIpc) is 2.71. The lowest BCUT2D eigenvalue weighted by Gasteiger charge is -2.36. The Balaban J connectivity index is 2.57. The van der Waals surface area contributed by atoms with Crippen molar-refractivity contribution in [3.8, 4) is 0 Å². The molecule has 0 radical (unpaired) electrons. The summed E-state index contributed by atoms with van der Waals surface area (Å²) < 4.78 is 10.5. The third kappa shape index (κ3) is 6.21. The van der Waals surface area contributed by atoms with E-state index in [4.69, 9.17) is 15.2 Å². The van der Waals surface area contributed by atoms with E-state index in [2.05, 4.69) is 4.90 Å². The van der Waals surface area contributed by atoms with Crippen LogP contribution in [0, 0.1) is 5.92 Å². The van der Waals surface area contributed by atoms with Gasteiger partial charge in [0.15, 0.2) is 0 Å². The van der Waals surface area contributed by atoms with Crippen LogP contribution in [0.15, 0.2) is 0 Å². The minimum absolute atomic E-state index is 0.489. The molecule has 1 fully saturated rings. The van der Waals surface area contributed by atoms with Crippen molar-refractivity contribution in [2.24, 2.45) is 11.7 Å². The van der Waals surface area contributed by atoms with E-state index in [1.54, 1.807) is 14.2 Å². The van der Waals surface area contributed by atoms with Crippen molar-refractivity contribution < 1.29 is 9.47 Å². The van der Waals surface area contributed by atoms with Crippen molar-refractivity contribution in [3.05, 3.63) is 0 Å². The van der Waals surface area contributed by atoms with Crippen molar-refractivity contribution in [1.29, 1.82) is 0 Å². The Hall–Kier alpha value is -0.160. The molecule has 1 atom stereocenters. The molecule has 0 amide bonds. The molecule has 0 aromatic heterocycles. The van der Waals surface area contributed by atoms with Crippen LogP contribution < -0.4 is 5.73 Å². The Morgan fingerprint density at radius 1 is 1.00 bits per heavy atom. The highest BCUT2D eigenvalue weighted by Gasteiger charge is 2.26. The summed E-state index contributed by atoms with van der Waals surface area (Å²) in [5.41, 5.74) is 6.08. The molecule has 0 saturated heterocycles. The number of nitrogens with zero attached hydrogens (tertiary/aromatic N) is 1. The summed E-state index contributed by atoms with van der Waals surface area (Å²) >= 11 is 0. The van der Waals surface area contributed by atoms with Gasteiger partial charge in [-0.15, -0.1) is 0 Å². The van der Waals surface area contributed by atoms with E-state index in [-0.39, 0.29) is 0 Å². The summed E-state index contributed by atoms with van der Waals surface area (Å²) in [6.07, 6.45) is 8.18. The van der Waals surface area contributed by atoms with E-state index < -0.39 is 0 Å². The number of nitrogens with two attached hydrogens (primary N) is 1. The minimum atomic E-state index is 0.489. The zero-order valence-electron chi connectivity index (χ0n) is 12.8. The fourth-order valence-electron chi connectivity index (χ4n) is 3.20. The second kappa shape index (κ2) is 10.6. The fourth-order valence-corrected chi connectivity index (χ4v) is 3.20. The summed E-state index contributed by atoms with van der Waals surface area (Å²) in [6.45, 7) is 4.20. The van der Waals surface area contributed by atoms with E-state index >= 15 is 0 Å². The minimum Gasteiger partial charge on any atom is -0.383 e. The highest BCUT2D eigenvalue weighted by atomic mass is 16.5. The molecule has 0 aromatic carbocycles. The zero-order chi connectivity index (χ0) is 13.9. The molecule has 1 unspecified atom stereocenters. The molecule has 0 spiro atoms. The molecule has 1 rings (SSSR count). The van der Waals surface area contributed by atoms with Gasteiger partial charge in [-0.25, -0.2) is 0 Å². The second-order valence-corrected chi connectivity index (χ2v) is 5.58. The van der Waals surface area contributed by atoms with E-state index in [1.807, 2.05) is 0 Å². The number of hydrogen-bond acceptors (Lipinski definition) is 4. The maximum atomic E-state index is 6.08. The van der Waals surface area contributed by atoms with Crippen molar-refractivity contribution in [1.82, 2.24) is 4.90 Å². The van der Waals surface area contributed by atoms with Gasteiger partial charge in [0.25, 0.3) is 0 Å². The van der Waals surface area contributed by atoms with E-state index in [0.29, 0.717) is 6.04 Å². The number of hydrogen-bond donors (Lipinski definition) is 1. The maximum Gasteiger partial charge on any atom is 0.0589 e. The predicted octanol–water partition coefficient (Wildman–Crippen LogP) is 1.88. The molecule has 1 saturated carbocycles. The van der Waals surface area contributed by atoms with Gasteiger partial charge < -0.3 is 15.2 Å². The van der Waals surface area contributed by atoms with E-state index in [1.165, 1.54) is 38.5 Å². The van der Waals surface area contributed by atoms with Crippen LogP contribution in [0.1, 0.15) is 38.5 Å². The van der Waals surface area contributed by atoms with Crippen molar-refractivity contribution in [3.63, 3.8) is 0 Å². The van der Waals surface area contributed by atoms with Crippen molar-refractivity contribution in [2.45, 2.75) is 44.6 Å². The topological polar surface area (TPSA) is 47.7 Å². The van der Waals surface area contributed by atoms with Crippen LogP contribution >= 0.6 is 0 Å². The van der Waals surface area contributed by atoms with Crippen LogP contribution in [0.4, 0.5) is 0 Å². The van der Waals surface area contributed by atoms with Crippen LogP contribution in [-0.2, 0) is 9.47 Å². The van der Waals surface area contributed by atoms with Gasteiger partial charge in [0, 0.05) is 39.9 Å². The Labute approximate surface area is 118 Å². The van der Waals surface area contributed by atoms with Crippen LogP contribution in [0.5, 0.6) is 0 Å². The lowest BCUT2D eigenvalue weighted by atomic mass is 9.90. The zero-order valence-corrected chi connectivity index (χ0v) is 12.8. The molecule has 0 bridgehead atoms. The first-order valence-corrected chi connectivity index (χ1v) is 7.75. The Kier molecular flexibility index (Phi) is 9.43. The van der Waals surface area contributed by atoms with Crippen LogP contribution in [0.2, 0.25) is 0 Å². The van der Waals surface area contributed by atoms with Gasteiger partial charge in [-0.1, -0.05) is 25.7 Å². The van der Waals surface area contributed by atoms with Gasteiger partial charge in [-0.05, 0) is 18.8 Å². The molecule has 0 aromatic rings. The SMILES string of the molecule is COCCN(CCOC)C(CN)C1CCCCCC1. The number of methoxy groups -OCH3 is 2. The van der Waals surface area contributed by atoms with Gasteiger partial charge >= 0.3 is 0 Å². The Morgan fingerprint density at radius 2 is 1.53 bits per heavy atom. The first-order chi connectivity index (χ1) is 9.33. The molecule has 4 heteroatoms. The summed E-state index contributed by atoms with van der Waals surface area (Å²) in [5.74, 6) is 0.751. The van der Waals surface area contributed by atoms with Crippen LogP contribution in [0.25, 0.3) is 0 Å². The average molecular weight is 272 g/mol. The van der Waals surface area contributed by atoms with Gasteiger partial charge in [0.1, 0.15) is 0 Å². The maximum absolute atomic E-state index is 6.08. The summed E-state index contributed by atoms with van der Waals surface area (Å²) in [5, 5.41) is 0. The van der Waals surface area contributed by atoms with Gasteiger partial charge in [-0.3, -0.25) is 4.90 Å². The monoisotopic (exact) mass is 272 g/mol. The Bertz CT molecular complexity index is 198. The molecule has 19 heavy (non-hydrogen) atoms. The highest BCUT2D eigenvalue weighted by molar-refractivity contribution is 4.82. The van der Waals surface area contributed by atoms with Gasteiger partial charge in [-0.2, -0.15) is 0 Å². The van der Waals surface area contributed by atoms with Crippen molar-refractivity contribution >= 4 is 0 Å². The molecule has 0 heterocycles. The molecule has 0 aliphatic heterocycles. The quantitative estimate of drug-likeness (QED) is 0.651. The lowest BCUT2D eigenvalue weighted by Crippen LogP contribution is -2.48. The van der Waals surface area contributed by atoms with E-state index in [0.717, 1.165) is 38.8 Å². The molecule has 114 valence electrons. The largest absolute Gasteiger partial charge is 0.383 e. The van der Waals surface area contributed by atoms with Gasteiger partial charge in [0.2, 0.25) is 0 Å². The molecular formula is C15H32N2O2. The van der Waals surface area contributed by atoms with Crippen molar-refractivity contribution in [2.75, 3.05) is 47.1 Å². The normalized spacial score (nSPS) is 19.6. The molecule has 1 aliphatic rings. The molecule has 4 nitrogen and oxygen atoms in total. The van der Waals surface area contributed by atoms with Crippen LogP contribution in [-0.4, -0.2) is 58.0 Å². The number of rotatable bonds is 9.